The third-order valence-corrected chi connectivity index (χ3v) is 2.60. The van der Waals surface area contributed by atoms with Gasteiger partial charge in [0.1, 0.15) is 0 Å². The second-order valence-electron chi connectivity index (χ2n) is 4.19. The maximum Gasteiger partial charge on any atom is 0.255 e. The molecule has 1 amide bonds. The smallest absolute Gasteiger partial charge is 0.255 e. The van der Waals surface area contributed by atoms with Crippen LogP contribution in [0.1, 0.15) is 10.4 Å². The number of carbonyl (C=O) groups is 1. The first-order valence-electron chi connectivity index (χ1n) is 5.71. The lowest BCUT2D eigenvalue weighted by Gasteiger charge is -2.13. The van der Waals surface area contributed by atoms with Crippen LogP contribution in [-0.2, 0) is 0 Å². The second kappa shape index (κ2) is 5.36. The van der Waals surface area contributed by atoms with Gasteiger partial charge in [0.05, 0.1) is 0 Å². The van der Waals surface area contributed by atoms with Crippen molar-refractivity contribution in [2.75, 3.05) is 24.3 Å². The summed E-state index contributed by atoms with van der Waals surface area (Å²) in [5, 5.41) is 2.85. The van der Waals surface area contributed by atoms with E-state index in [1.807, 2.05) is 49.3 Å². The van der Waals surface area contributed by atoms with E-state index in [2.05, 4.69) is 11.4 Å². The van der Waals surface area contributed by atoms with Crippen LogP contribution in [0.4, 0.5) is 11.4 Å². The predicted octanol–water partition coefficient (Wildman–Crippen LogP) is 2.81. The van der Waals surface area contributed by atoms with Crippen molar-refractivity contribution in [3.05, 3.63) is 60.2 Å². The van der Waals surface area contributed by atoms with E-state index in [4.69, 9.17) is 0 Å². The van der Waals surface area contributed by atoms with E-state index >= 15 is 0 Å². The average molecular weight is 239 g/mol. The van der Waals surface area contributed by atoms with Crippen LogP contribution in [0.3, 0.4) is 0 Å². The van der Waals surface area contributed by atoms with Gasteiger partial charge in [-0.2, -0.15) is 0 Å². The predicted molar refractivity (Wildman–Crippen MR) is 74.0 cm³/mol. The third-order valence-electron chi connectivity index (χ3n) is 2.60. The van der Waals surface area contributed by atoms with Crippen molar-refractivity contribution in [2.45, 2.75) is 0 Å². The summed E-state index contributed by atoms with van der Waals surface area (Å²) in [5.74, 6) is -0.107. The Hall–Kier alpha value is -2.29. The zero-order valence-electron chi connectivity index (χ0n) is 10.5. The quantitative estimate of drug-likeness (QED) is 0.893. The molecule has 0 bridgehead atoms. The molecule has 0 aliphatic carbocycles. The number of nitrogens with zero attached hydrogens (tertiary/aromatic N) is 1. The lowest BCUT2D eigenvalue weighted by molar-refractivity contribution is 0.102. The van der Waals surface area contributed by atoms with Crippen molar-refractivity contribution in [1.29, 1.82) is 0 Å². The number of amides is 1. The molecule has 0 unspecified atom stereocenters. The van der Waals surface area contributed by atoms with E-state index in [-0.39, 0.29) is 5.91 Å². The van der Waals surface area contributed by atoms with Gasteiger partial charge in [0.2, 0.25) is 0 Å². The molecule has 3 heteroatoms. The molecule has 0 spiro atoms. The number of benzene rings is 2. The average Bonchev–Trinajstić information content (AvgIpc) is 2.40. The van der Waals surface area contributed by atoms with Crippen molar-refractivity contribution >= 4 is 17.3 Å². The summed E-state index contributed by atoms with van der Waals surface area (Å²) >= 11 is 0. The van der Waals surface area contributed by atoms with Crippen LogP contribution in [-0.4, -0.2) is 20.0 Å². The Morgan fingerprint density at radius 3 is 2.56 bits per heavy atom. The lowest BCUT2D eigenvalue weighted by Crippen LogP contribution is -2.14. The molecule has 1 radical (unpaired) electrons. The summed E-state index contributed by atoms with van der Waals surface area (Å²) in [7, 11) is 3.90. The highest BCUT2D eigenvalue weighted by Gasteiger charge is 2.07. The molecule has 1 N–H and O–H groups in total. The molecule has 91 valence electrons. The molecule has 2 aromatic carbocycles. The molecule has 0 aromatic heterocycles. The lowest BCUT2D eigenvalue weighted by atomic mass is 10.1. The zero-order valence-corrected chi connectivity index (χ0v) is 10.5. The first-order valence-corrected chi connectivity index (χ1v) is 5.71. The third kappa shape index (κ3) is 2.88. The molecule has 0 aliphatic rings. The van der Waals surface area contributed by atoms with Gasteiger partial charge in [0.15, 0.2) is 0 Å². The summed E-state index contributed by atoms with van der Waals surface area (Å²) in [4.78, 5) is 14.0. The summed E-state index contributed by atoms with van der Waals surface area (Å²) in [5.41, 5.74) is 2.42. The number of hydrogen-bond acceptors (Lipinski definition) is 2. The van der Waals surface area contributed by atoms with Gasteiger partial charge in [-0.1, -0.05) is 18.2 Å². The van der Waals surface area contributed by atoms with E-state index in [1.165, 1.54) is 0 Å². The largest absolute Gasteiger partial charge is 0.378 e. The first-order chi connectivity index (χ1) is 8.66. The Kier molecular flexibility index (Phi) is 3.63. The minimum Gasteiger partial charge on any atom is -0.378 e. The Balaban J connectivity index is 2.16. The fourth-order valence-corrected chi connectivity index (χ4v) is 1.60. The van der Waals surface area contributed by atoms with Crippen LogP contribution in [0.5, 0.6) is 0 Å². The van der Waals surface area contributed by atoms with Gasteiger partial charge in [-0.15, -0.1) is 0 Å². The van der Waals surface area contributed by atoms with E-state index < -0.39 is 0 Å². The summed E-state index contributed by atoms with van der Waals surface area (Å²) in [6, 6.07) is 17.6. The maximum atomic E-state index is 12.0. The molecule has 0 saturated carbocycles. The van der Waals surface area contributed by atoms with Crippen LogP contribution < -0.4 is 10.2 Å². The van der Waals surface area contributed by atoms with E-state index in [0.717, 1.165) is 11.4 Å². The highest BCUT2D eigenvalue weighted by atomic mass is 16.1. The zero-order chi connectivity index (χ0) is 13.0. The second-order valence-corrected chi connectivity index (χ2v) is 4.19. The molecule has 3 nitrogen and oxygen atoms in total. The SMILES string of the molecule is CN(C)c1cccc(C(=O)Nc2cc[c]cc2)c1. The van der Waals surface area contributed by atoms with E-state index in [0.29, 0.717) is 5.56 Å². The van der Waals surface area contributed by atoms with E-state index in [9.17, 15) is 4.79 Å². The Bertz CT molecular complexity index is 535. The van der Waals surface area contributed by atoms with Crippen LogP contribution in [0.2, 0.25) is 0 Å². The standard InChI is InChI=1S/C15H15N2O/c1-17(2)14-10-6-7-12(11-14)15(18)16-13-8-4-3-5-9-13/h4-11H,1-2H3,(H,16,18). The van der Waals surface area contributed by atoms with Gasteiger partial charge in [0, 0.05) is 31.0 Å². The molecule has 0 aliphatic heterocycles. The van der Waals surface area contributed by atoms with Crippen molar-refractivity contribution in [3.8, 4) is 0 Å². The minimum atomic E-state index is -0.107. The Morgan fingerprint density at radius 1 is 1.17 bits per heavy atom. The fourth-order valence-electron chi connectivity index (χ4n) is 1.60. The van der Waals surface area contributed by atoms with Gasteiger partial charge in [-0.05, 0) is 36.4 Å². The minimum absolute atomic E-state index is 0.107. The Labute approximate surface area is 107 Å². The topological polar surface area (TPSA) is 32.3 Å². The van der Waals surface area contributed by atoms with Crippen molar-refractivity contribution < 1.29 is 4.79 Å². The molecule has 0 saturated heterocycles. The normalized spacial score (nSPS) is 9.89. The van der Waals surface area contributed by atoms with Gasteiger partial charge in [-0.3, -0.25) is 4.79 Å². The summed E-state index contributed by atoms with van der Waals surface area (Å²) in [6.45, 7) is 0. The molecule has 18 heavy (non-hydrogen) atoms. The summed E-state index contributed by atoms with van der Waals surface area (Å²) < 4.78 is 0. The van der Waals surface area contributed by atoms with Gasteiger partial charge < -0.3 is 10.2 Å². The number of anilines is 2. The fraction of sp³-hybridized carbons (Fsp3) is 0.133. The Morgan fingerprint density at radius 2 is 1.89 bits per heavy atom. The van der Waals surface area contributed by atoms with Gasteiger partial charge in [-0.25, -0.2) is 0 Å². The molecule has 0 fully saturated rings. The highest BCUT2D eigenvalue weighted by Crippen LogP contribution is 2.15. The van der Waals surface area contributed by atoms with Crippen molar-refractivity contribution in [3.63, 3.8) is 0 Å². The van der Waals surface area contributed by atoms with Crippen molar-refractivity contribution in [2.24, 2.45) is 0 Å². The number of carbonyl (C=O) groups excluding carboxylic acids is 1. The van der Waals surface area contributed by atoms with Gasteiger partial charge >= 0.3 is 0 Å². The number of nitrogens with one attached hydrogen (secondary N) is 1. The van der Waals surface area contributed by atoms with Crippen LogP contribution in [0.15, 0.2) is 48.5 Å². The molecule has 2 aromatic rings. The monoisotopic (exact) mass is 239 g/mol. The molecule has 2 rings (SSSR count). The number of rotatable bonds is 3. The highest BCUT2D eigenvalue weighted by molar-refractivity contribution is 6.04. The molecule has 0 heterocycles. The summed E-state index contributed by atoms with van der Waals surface area (Å²) in [6.07, 6.45) is 0. The molecular weight excluding hydrogens is 224 g/mol. The first kappa shape index (κ1) is 12.2. The van der Waals surface area contributed by atoms with Crippen LogP contribution in [0, 0.1) is 6.07 Å². The number of hydrogen-bond donors (Lipinski definition) is 1. The van der Waals surface area contributed by atoms with Crippen LogP contribution >= 0.6 is 0 Å². The van der Waals surface area contributed by atoms with Crippen molar-refractivity contribution in [1.82, 2.24) is 0 Å². The van der Waals surface area contributed by atoms with Gasteiger partial charge in [0.25, 0.3) is 5.91 Å². The molecule has 0 atom stereocenters. The van der Waals surface area contributed by atoms with E-state index in [1.54, 1.807) is 18.2 Å². The molecular formula is C15H15N2O. The maximum absolute atomic E-state index is 12.0. The van der Waals surface area contributed by atoms with Crippen LogP contribution in [0.25, 0.3) is 0 Å².